The Kier molecular flexibility index (Phi) is 2.18. The molecule has 0 aliphatic carbocycles. The van der Waals surface area contributed by atoms with Crippen LogP contribution in [-0.2, 0) is 0 Å². The van der Waals surface area contributed by atoms with E-state index in [9.17, 15) is 0 Å². The van der Waals surface area contributed by atoms with Gasteiger partial charge in [0, 0.05) is 6.20 Å². The van der Waals surface area contributed by atoms with Crippen molar-refractivity contribution in [2.45, 2.75) is 0 Å². The van der Waals surface area contributed by atoms with Crippen molar-refractivity contribution in [3.05, 3.63) is 36.5 Å². The molecule has 0 fully saturated rings. The third-order valence-electron chi connectivity index (χ3n) is 3.17. The third-order valence-corrected chi connectivity index (χ3v) is 3.17. The maximum absolute atomic E-state index is 4.26. The number of quaternary nitrogens is 1. The standard InChI is InChI=1S/C12H9N8/c1-2-9(18-16-3-1)12-10(4-17-19-12)20-7-13-5-11(20)15-6-14-8-20/h1-8H,(H,17,19)/q+1. The van der Waals surface area contributed by atoms with Gasteiger partial charge in [-0.15, -0.1) is 5.10 Å². The van der Waals surface area contributed by atoms with E-state index in [1.54, 1.807) is 31.3 Å². The van der Waals surface area contributed by atoms with Crippen molar-refractivity contribution in [3.8, 4) is 11.4 Å². The van der Waals surface area contributed by atoms with Gasteiger partial charge in [-0.05, 0) is 12.1 Å². The fraction of sp³-hybridized carbons (Fsp3) is 0. The summed E-state index contributed by atoms with van der Waals surface area (Å²) < 4.78 is 0.193. The van der Waals surface area contributed by atoms with Crippen LogP contribution in [0.1, 0.15) is 0 Å². The maximum Gasteiger partial charge on any atom is 0.265 e. The summed E-state index contributed by atoms with van der Waals surface area (Å²) in [5.74, 6) is 0.756. The van der Waals surface area contributed by atoms with Crippen molar-refractivity contribution < 1.29 is 0 Å². The first-order chi connectivity index (χ1) is 9.90. The topological polar surface area (TPSA) is 91.5 Å². The average molecular weight is 265 g/mol. The SMILES string of the molecule is C1=NC=NC2=CN=C[N+]12c1cn[nH]c1-c1cccnn1. The fourth-order valence-electron chi connectivity index (χ4n) is 2.24. The highest BCUT2D eigenvalue weighted by Crippen LogP contribution is 2.36. The van der Waals surface area contributed by atoms with Crippen molar-refractivity contribution in [2.75, 3.05) is 0 Å². The summed E-state index contributed by atoms with van der Waals surface area (Å²) >= 11 is 0. The minimum absolute atomic E-state index is 0.193. The lowest BCUT2D eigenvalue weighted by Gasteiger charge is -2.24. The van der Waals surface area contributed by atoms with Gasteiger partial charge in [-0.25, -0.2) is 4.99 Å². The quantitative estimate of drug-likeness (QED) is 0.824. The molecule has 2 aliphatic heterocycles. The monoisotopic (exact) mass is 265 g/mol. The van der Waals surface area contributed by atoms with Crippen LogP contribution in [0.4, 0.5) is 5.69 Å². The molecule has 0 amide bonds. The number of hydrogen-bond acceptors (Lipinski definition) is 6. The van der Waals surface area contributed by atoms with Gasteiger partial charge in [0.15, 0.2) is 5.69 Å². The van der Waals surface area contributed by atoms with Crippen LogP contribution in [-0.4, -0.2) is 39.4 Å². The number of aliphatic imine (C=N–C) groups is 3. The molecule has 0 aromatic carbocycles. The highest BCUT2D eigenvalue weighted by molar-refractivity contribution is 6.04. The predicted octanol–water partition coefficient (Wildman–Crippen LogP) is 1.08. The van der Waals surface area contributed by atoms with Crippen LogP contribution in [0.5, 0.6) is 0 Å². The van der Waals surface area contributed by atoms with Crippen LogP contribution in [0.15, 0.2) is 51.5 Å². The van der Waals surface area contributed by atoms with Crippen LogP contribution in [0.2, 0.25) is 0 Å². The first-order valence-corrected chi connectivity index (χ1v) is 5.92. The first-order valence-electron chi connectivity index (χ1n) is 5.92. The zero-order valence-corrected chi connectivity index (χ0v) is 10.2. The summed E-state index contributed by atoms with van der Waals surface area (Å²) in [7, 11) is 0. The number of nitrogens with zero attached hydrogens (tertiary/aromatic N) is 7. The third kappa shape index (κ3) is 1.39. The lowest BCUT2D eigenvalue weighted by atomic mass is 10.2. The molecular formula is C12H9N8+. The van der Waals surface area contributed by atoms with E-state index in [0.29, 0.717) is 5.69 Å². The molecule has 2 aromatic heterocycles. The van der Waals surface area contributed by atoms with Crippen LogP contribution in [0, 0.1) is 0 Å². The number of aromatic amines is 1. The lowest BCUT2D eigenvalue weighted by molar-refractivity contribution is 0.749. The smallest absolute Gasteiger partial charge is 0.265 e. The minimum atomic E-state index is 0.193. The van der Waals surface area contributed by atoms with Gasteiger partial charge in [-0.1, -0.05) is 0 Å². The Labute approximate surface area is 113 Å². The van der Waals surface area contributed by atoms with E-state index < -0.39 is 0 Å². The summed E-state index contributed by atoms with van der Waals surface area (Å²) in [5, 5.41) is 15.1. The number of rotatable bonds is 2. The Morgan fingerprint density at radius 2 is 2.10 bits per heavy atom. The molecule has 8 nitrogen and oxygen atoms in total. The highest BCUT2D eigenvalue weighted by Gasteiger charge is 2.41. The molecule has 4 heterocycles. The molecule has 4 rings (SSSR count). The van der Waals surface area contributed by atoms with Gasteiger partial charge < -0.3 is 0 Å². The number of fused-ring (bicyclic) bond motifs is 1. The van der Waals surface area contributed by atoms with Gasteiger partial charge in [-0.3, -0.25) is 5.10 Å². The second-order valence-corrected chi connectivity index (χ2v) is 4.28. The maximum atomic E-state index is 4.26. The molecule has 20 heavy (non-hydrogen) atoms. The van der Waals surface area contributed by atoms with Crippen molar-refractivity contribution in [1.82, 2.24) is 24.9 Å². The summed E-state index contributed by atoms with van der Waals surface area (Å²) in [6.07, 6.45) is 10.1. The molecular weight excluding hydrogens is 256 g/mol. The predicted molar refractivity (Wildman–Crippen MR) is 75.0 cm³/mol. The zero-order chi connectivity index (χ0) is 13.4. The van der Waals surface area contributed by atoms with Gasteiger partial charge in [0.2, 0.25) is 12.7 Å². The summed E-state index contributed by atoms with van der Waals surface area (Å²) in [5.41, 5.74) is 2.31. The highest BCUT2D eigenvalue weighted by atomic mass is 15.5. The normalized spacial score (nSPS) is 22.9. The zero-order valence-electron chi connectivity index (χ0n) is 10.2. The fourth-order valence-corrected chi connectivity index (χ4v) is 2.24. The van der Waals surface area contributed by atoms with Crippen LogP contribution < -0.4 is 4.48 Å². The number of H-pyrrole nitrogens is 1. The Morgan fingerprint density at radius 1 is 1.15 bits per heavy atom. The van der Waals surface area contributed by atoms with Crippen LogP contribution in [0.3, 0.4) is 0 Å². The van der Waals surface area contributed by atoms with E-state index in [2.05, 4.69) is 35.4 Å². The second kappa shape index (κ2) is 4.00. The molecule has 2 aliphatic rings. The molecule has 0 bridgehead atoms. The Bertz CT molecular complexity index is 770. The number of nitrogens with one attached hydrogen (secondary N) is 1. The van der Waals surface area contributed by atoms with E-state index >= 15 is 0 Å². The number of aromatic nitrogens is 4. The van der Waals surface area contributed by atoms with E-state index in [-0.39, 0.29) is 4.48 Å². The molecule has 1 unspecified atom stereocenters. The molecule has 96 valence electrons. The van der Waals surface area contributed by atoms with E-state index in [0.717, 1.165) is 17.2 Å². The van der Waals surface area contributed by atoms with E-state index in [4.69, 9.17) is 0 Å². The van der Waals surface area contributed by atoms with Crippen molar-refractivity contribution in [3.63, 3.8) is 0 Å². The minimum Gasteiger partial charge on any atom is -0.270 e. The van der Waals surface area contributed by atoms with E-state index in [1.165, 1.54) is 6.34 Å². The lowest BCUT2D eigenvalue weighted by Crippen LogP contribution is -2.44. The Hall–Kier alpha value is -3.00. The average Bonchev–Trinajstić information content (AvgIpc) is 3.15. The van der Waals surface area contributed by atoms with Crippen molar-refractivity contribution in [2.24, 2.45) is 15.0 Å². The van der Waals surface area contributed by atoms with Gasteiger partial charge in [-0.2, -0.15) is 24.7 Å². The Morgan fingerprint density at radius 3 is 3.00 bits per heavy atom. The number of hydrogen-bond donors (Lipinski definition) is 1. The van der Waals surface area contributed by atoms with Crippen molar-refractivity contribution in [1.29, 1.82) is 0 Å². The second-order valence-electron chi connectivity index (χ2n) is 4.28. The summed E-state index contributed by atoms with van der Waals surface area (Å²) in [6.45, 7) is 0. The van der Waals surface area contributed by atoms with Crippen LogP contribution >= 0.6 is 0 Å². The molecule has 0 saturated heterocycles. The molecule has 1 atom stereocenters. The molecule has 0 spiro atoms. The molecule has 0 saturated carbocycles. The molecule has 1 N–H and O–H groups in total. The van der Waals surface area contributed by atoms with Gasteiger partial charge >= 0.3 is 0 Å². The molecule has 2 aromatic rings. The van der Waals surface area contributed by atoms with Crippen LogP contribution in [0.25, 0.3) is 11.4 Å². The summed E-state index contributed by atoms with van der Waals surface area (Å²) in [4.78, 5) is 12.6. The summed E-state index contributed by atoms with van der Waals surface area (Å²) in [6, 6.07) is 3.69. The Balaban J connectivity index is 1.91. The molecule has 0 radical (unpaired) electrons. The van der Waals surface area contributed by atoms with Gasteiger partial charge in [0.1, 0.15) is 30.1 Å². The molecule has 8 heteroatoms. The van der Waals surface area contributed by atoms with Gasteiger partial charge in [0.05, 0.1) is 0 Å². The largest absolute Gasteiger partial charge is 0.270 e. The van der Waals surface area contributed by atoms with Gasteiger partial charge in [0.25, 0.3) is 5.82 Å². The van der Waals surface area contributed by atoms with E-state index in [1.807, 2.05) is 12.1 Å². The van der Waals surface area contributed by atoms with Crippen molar-refractivity contribution >= 4 is 24.7 Å². The first kappa shape index (κ1) is 10.9.